The molecule has 0 aliphatic heterocycles. The molecule has 0 aliphatic carbocycles. The van der Waals surface area contributed by atoms with E-state index in [0.717, 1.165) is 19.6 Å². The molecule has 2 amide bonds. The SMILES string of the molecule is CCN(CC)CC(C)NC(=O)NC(C)C. The van der Waals surface area contributed by atoms with Gasteiger partial charge < -0.3 is 15.5 Å². The third-order valence-electron chi connectivity index (χ3n) is 2.22. The molecular weight excluding hydrogens is 190 g/mol. The van der Waals surface area contributed by atoms with E-state index in [0.29, 0.717) is 0 Å². The Morgan fingerprint density at radius 3 is 2.07 bits per heavy atom. The zero-order chi connectivity index (χ0) is 11.8. The molecule has 0 radical (unpaired) electrons. The van der Waals surface area contributed by atoms with E-state index in [2.05, 4.69) is 29.4 Å². The van der Waals surface area contributed by atoms with Crippen LogP contribution in [0.3, 0.4) is 0 Å². The topological polar surface area (TPSA) is 44.4 Å². The van der Waals surface area contributed by atoms with Gasteiger partial charge in [0.25, 0.3) is 0 Å². The number of nitrogens with zero attached hydrogens (tertiary/aromatic N) is 1. The third-order valence-corrected chi connectivity index (χ3v) is 2.22. The van der Waals surface area contributed by atoms with Crippen molar-refractivity contribution in [3.05, 3.63) is 0 Å². The van der Waals surface area contributed by atoms with Crippen LogP contribution in [0.5, 0.6) is 0 Å². The zero-order valence-electron chi connectivity index (χ0n) is 10.6. The van der Waals surface area contributed by atoms with E-state index in [1.54, 1.807) is 0 Å². The van der Waals surface area contributed by atoms with Gasteiger partial charge >= 0.3 is 6.03 Å². The van der Waals surface area contributed by atoms with Gasteiger partial charge in [-0.15, -0.1) is 0 Å². The molecular formula is C11H25N3O. The lowest BCUT2D eigenvalue weighted by atomic mass is 10.3. The van der Waals surface area contributed by atoms with E-state index >= 15 is 0 Å². The molecule has 1 unspecified atom stereocenters. The lowest BCUT2D eigenvalue weighted by molar-refractivity contribution is 0.226. The fourth-order valence-corrected chi connectivity index (χ4v) is 1.44. The second kappa shape index (κ2) is 7.51. The summed E-state index contributed by atoms with van der Waals surface area (Å²) >= 11 is 0. The van der Waals surface area contributed by atoms with Crippen LogP contribution in [-0.4, -0.2) is 42.6 Å². The summed E-state index contributed by atoms with van der Waals surface area (Å²) in [4.78, 5) is 13.7. The highest BCUT2D eigenvalue weighted by Gasteiger charge is 2.10. The van der Waals surface area contributed by atoms with Crippen LogP contribution in [0, 0.1) is 0 Å². The van der Waals surface area contributed by atoms with Crippen LogP contribution in [-0.2, 0) is 0 Å². The first kappa shape index (κ1) is 14.2. The molecule has 0 aromatic heterocycles. The highest BCUT2D eigenvalue weighted by molar-refractivity contribution is 5.74. The average molecular weight is 215 g/mol. The van der Waals surface area contributed by atoms with Gasteiger partial charge in [0.15, 0.2) is 0 Å². The summed E-state index contributed by atoms with van der Waals surface area (Å²) in [6.07, 6.45) is 0. The van der Waals surface area contributed by atoms with Gasteiger partial charge in [0.05, 0.1) is 0 Å². The normalized spacial score (nSPS) is 13.0. The van der Waals surface area contributed by atoms with Crippen molar-refractivity contribution in [3.63, 3.8) is 0 Å². The molecule has 0 saturated carbocycles. The first-order valence-corrected chi connectivity index (χ1v) is 5.78. The molecule has 2 N–H and O–H groups in total. The van der Waals surface area contributed by atoms with E-state index in [-0.39, 0.29) is 18.1 Å². The number of rotatable bonds is 6. The van der Waals surface area contributed by atoms with Gasteiger partial charge in [-0.3, -0.25) is 0 Å². The Morgan fingerprint density at radius 1 is 1.13 bits per heavy atom. The van der Waals surface area contributed by atoms with Crippen molar-refractivity contribution in [1.82, 2.24) is 15.5 Å². The minimum absolute atomic E-state index is 0.0790. The van der Waals surface area contributed by atoms with Crippen molar-refractivity contribution in [2.24, 2.45) is 0 Å². The van der Waals surface area contributed by atoms with Gasteiger partial charge in [-0.25, -0.2) is 4.79 Å². The third kappa shape index (κ3) is 7.19. The Bertz CT molecular complexity index is 179. The molecule has 0 fully saturated rings. The summed E-state index contributed by atoms with van der Waals surface area (Å²) < 4.78 is 0. The van der Waals surface area contributed by atoms with Crippen LogP contribution in [0.2, 0.25) is 0 Å². The highest BCUT2D eigenvalue weighted by Crippen LogP contribution is 1.91. The maximum absolute atomic E-state index is 11.4. The molecule has 0 heterocycles. The number of carbonyl (C=O) groups excluding carboxylic acids is 1. The van der Waals surface area contributed by atoms with E-state index in [1.807, 2.05) is 20.8 Å². The fourth-order valence-electron chi connectivity index (χ4n) is 1.44. The summed E-state index contributed by atoms with van der Waals surface area (Å²) in [7, 11) is 0. The largest absolute Gasteiger partial charge is 0.336 e. The minimum atomic E-state index is -0.0790. The molecule has 0 aromatic rings. The van der Waals surface area contributed by atoms with Crippen molar-refractivity contribution in [2.45, 2.75) is 46.7 Å². The number of likely N-dealkylation sites (N-methyl/N-ethyl adjacent to an activating group) is 1. The number of urea groups is 1. The first-order valence-electron chi connectivity index (χ1n) is 5.78. The second-order valence-corrected chi connectivity index (χ2v) is 4.16. The lowest BCUT2D eigenvalue weighted by Crippen LogP contribution is -2.47. The molecule has 4 heteroatoms. The van der Waals surface area contributed by atoms with Gasteiger partial charge in [-0.1, -0.05) is 13.8 Å². The highest BCUT2D eigenvalue weighted by atomic mass is 16.2. The number of amides is 2. The van der Waals surface area contributed by atoms with Gasteiger partial charge in [0.1, 0.15) is 0 Å². The van der Waals surface area contributed by atoms with Crippen LogP contribution in [0.4, 0.5) is 4.79 Å². The molecule has 0 spiro atoms. The molecule has 0 bridgehead atoms. The standard InChI is InChI=1S/C11H25N3O/c1-6-14(7-2)8-10(5)13-11(15)12-9(3)4/h9-10H,6-8H2,1-5H3,(H2,12,13,15). The van der Waals surface area contributed by atoms with Gasteiger partial charge in [0.2, 0.25) is 0 Å². The molecule has 0 rings (SSSR count). The minimum Gasteiger partial charge on any atom is -0.336 e. The Balaban J connectivity index is 3.81. The summed E-state index contributed by atoms with van der Waals surface area (Å²) in [6, 6.07) is 0.291. The molecule has 15 heavy (non-hydrogen) atoms. The van der Waals surface area contributed by atoms with Crippen molar-refractivity contribution >= 4 is 6.03 Å². The summed E-state index contributed by atoms with van der Waals surface area (Å²) in [6.45, 7) is 13.1. The van der Waals surface area contributed by atoms with Crippen molar-refractivity contribution < 1.29 is 4.79 Å². The Kier molecular flexibility index (Phi) is 7.13. The van der Waals surface area contributed by atoms with E-state index in [9.17, 15) is 4.79 Å². The molecule has 0 aromatic carbocycles. The van der Waals surface area contributed by atoms with E-state index in [4.69, 9.17) is 0 Å². The number of nitrogens with one attached hydrogen (secondary N) is 2. The Labute approximate surface area is 93.4 Å². The first-order chi connectivity index (χ1) is 6.99. The maximum Gasteiger partial charge on any atom is 0.315 e. The fraction of sp³-hybridized carbons (Fsp3) is 0.909. The zero-order valence-corrected chi connectivity index (χ0v) is 10.6. The van der Waals surface area contributed by atoms with E-state index in [1.165, 1.54) is 0 Å². The van der Waals surface area contributed by atoms with Crippen molar-refractivity contribution in [3.8, 4) is 0 Å². The second-order valence-electron chi connectivity index (χ2n) is 4.16. The smallest absolute Gasteiger partial charge is 0.315 e. The summed E-state index contributed by atoms with van der Waals surface area (Å²) in [5.41, 5.74) is 0. The van der Waals surface area contributed by atoms with Crippen LogP contribution in [0.25, 0.3) is 0 Å². The predicted octanol–water partition coefficient (Wildman–Crippen LogP) is 1.42. The van der Waals surface area contributed by atoms with Crippen LogP contribution < -0.4 is 10.6 Å². The molecule has 1 atom stereocenters. The maximum atomic E-state index is 11.4. The van der Waals surface area contributed by atoms with E-state index < -0.39 is 0 Å². The molecule has 0 saturated heterocycles. The van der Waals surface area contributed by atoms with Gasteiger partial charge in [-0.2, -0.15) is 0 Å². The number of hydrogen-bond donors (Lipinski definition) is 2. The lowest BCUT2D eigenvalue weighted by Gasteiger charge is -2.23. The number of hydrogen-bond acceptors (Lipinski definition) is 2. The molecule has 0 aliphatic rings. The van der Waals surface area contributed by atoms with Crippen LogP contribution >= 0.6 is 0 Å². The van der Waals surface area contributed by atoms with Crippen molar-refractivity contribution in [1.29, 1.82) is 0 Å². The van der Waals surface area contributed by atoms with Gasteiger partial charge in [-0.05, 0) is 33.9 Å². The summed E-state index contributed by atoms with van der Waals surface area (Å²) in [5.74, 6) is 0. The Hall–Kier alpha value is -0.770. The Morgan fingerprint density at radius 2 is 1.67 bits per heavy atom. The monoisotopic (exact) mass is 215 g/mol. The summed E-state index contributed by atoms with van der Waals surface area (Å²) in [5, 5.41) is 5.73. The molecule has 4 nitrogen and oxygen atoms in total. The number of carbonyl (C=O) groups is 1. The van der Waals surface area contributed by atoms with Crippen molar-refractivity contribution in [2.75, 3.05) is 19.6 Å². The molecule has 90 valence electrons. The predicted molar refractivity (Wildman–Crippen MR) is 64.1 cm³/mol. The quantitative estimate of drug-likeness (QED) is 0.704. The van der Waals surface area contributed by atoms with Crippen LogP contribution in [0.1, 0.15) is 34.6 Å². The average Bonchev–Trinajstić information content (AvgIpc) is 2.12. The van der Waals surface area contributed by atoms with Crippen LogP contribution in [0.15, 0.2) is 0 Å². The van der Waals surface area contributed by atoms with Gasteiger partial charge in [0, 0.05) is 18.6 Å².